The first kappa shape index (κ1) is 19.8. The zero-order valence-electron chi connectivity index (χ0n) is 15.6. The molecule has 0 bridgehead atoms. The van der Waals surface area contributed by atoms with Crippen molar-refractivity contribution in [2.24, 2.45) is 0 Å². The molecule has 2 aromatic carbocycles. The van der Waals surface area contributed by atoms with E-state index in [1.165, 1.54) is 37.3 Å². The number of hydrogen-bond acceptors (Lipinski definition) is 5. The van der Waals surface area contributed by atoms with E-state index in [2.05, 4.69) is 4.72 Å². The van der Waals surface area contributed by atoms with Gasteiger partial charge in [-0.25, -0.2) is 8.42 Å². The fourth-order valence-corrected chi connectivity index (χ4v) is 4.37. The number of sulfonamides is 1. The topological polar surface area (TPSA) is 110 Å². The minimum atomic E-state index is -4.02. The van der Waals surface area contributed by atoms with Crippen molar-refractivity contribution in [3.8, 4) is 0 Å². The van der Waals surface area contributed by atoms with Gasteiger partial charge in [0.2, 0.25) is 0 Å². The summed E-state index contributed by atoms with van der Waals surface area (Å²) >= 11 is 0. The highest BCUT2D eigenvalue weighted by Crippen LogP contribution is 2.28. The van der Waals surface area contributed by atoms with Gasteiger partial charge in [0.15, 0.2) is 0 Å². The Hall–Kier alpha value is -2.94. The van der Waals surface area contributed by atoms with E-state index >= 15 is 0 Å². The average Bonchev–Trinajstić information content (AvgIpc) is 3.17. The Morgan fingerprint density at radius 1 is 1.14 bits per heavy atom. The molecule has 1 saturated heterocycles. The fourth-order valence-electron chi connectivity index (χ4n) is 3.22. The molecule has 9 heteroatoms. The first-order valence-corrected chi connectivity index (χ1v) is 10.4. The maximum Gasteiger partial charge on any atom is 0.274 e. The molecule has 1 N–H and O–H groups in total. The molecule has 3 rings (SSSR count). The van der Waals surface area contributed by atoms with Gasteiger partial charge < -0.3 is 4.90 Å². The summed E-state index contributed by atoms with van der Waals surface area (Å²) in [5.74, 6) is -0.182. The van der Waals surface area contributed by atoms with Crippen LogP contribution in [0.4, 0.5) is 11.4 Å². The molecule has 2 aromatic rings. The number of aryl methyl sites for hydroxylation is 1. The predicted molar refractivity (Wildman–Crippen MR) is 105 cm³/mol. The van der Waals surface area contributed by atoms with Crippen LogP contribution in [0.2, 0.25) is 0 Å². The predicted octanol–water partition coefficient (Wildman–Crippen LogP) is 3.25. The van der Waals surface area contributed by atoms with Gasteiger partial charge in [-0.2, -0.15) is 0 Å². The minimum absolute atomic E-state index is 0.0634. The van der Waals surface area contributed by atoms with Gasteiger partial charge in [0.1, 0.15) is 0 Å². The summed E-state index contributed by atoms with van der Waals surface area (Å²) in [6, 6.07) is 8.57. The molecule has 0 spiro atoms. The smallest absolute Gasteiger partial charge is 0.274 e. The lowest BCUT2D eigenvalue weighted by Gasteiger charge is -2.18. The Bertz CT molecular complexity index is 1040. The molecule has 0 saturated carbocycles. The highest BCUT2D eigenvalue weighted by molar-refractivity contribution is 7.92. The number of nitrogens with one attached hydrogen (secondary N) is 1. The first-order chi connectivity index (χ1) is 13.2. The van der Waals surface area contributed by atoms with Crippen molar-refractivity contribution >= 4 is 27.3 Å². The van der Waals surface area contributed by atoms with E-state index in [1.807, 2.05) is 0 Å². The Kier molecular flexibility index (Phi) is 5.37. The van der Waals surface area contributed by atoms with Crippen molar-refractivity contribution in [3.63, 3.8) is 0 Å². The summed E-state index contributed by atoms with van der Waals surface area (Å²) in [5, 5.41) is 11.1. The van der Waals surface area contributed by atoms with E-state index < -0.39 is 14.9 Å². The second kappa shape index (κ2) is 7.59. The zero-order valence-corrected chi connectivity index (χ0v) is 16.5. The number of nitrogens with zero attached hydrogens (tertiary/aromatic N) is 2. The number of nitro benzene ring substituents is 1. The number of nitro groups is 1. The highest BCUT2D eigenvalue weighted by atomic mass is 32.2. The number of amides is 1. The van der Waals surface area contributed by atoms with Crippen LogP contribution in [0.3, 0.4) is 0 Å². The Morgan fingerprint density at radius 2 is 1.82 bits per heavy atom. The molecule has 8 nitrogen and oxygen atoms in total. The van der Waals surface area contributed by atoms with Crippen molar-refractivity contribution in [1.82, 2.24) is 4.90 Å². The number of anilines is 1. The summed E-state index contributed by atoms with van der Waals surface area (Å²) < 4.78 is 28.1. The minimum Gasteiger partial charge on any atom is -0.339 e. The lowest BCUT2D eigenvalue weighted by molar-refractivity contribution is -0.385. The van der Waals surface area contributed by atoms with Gasteiger partial charge in [0, 0.05) is 24.7 Å². The highest BCUT2D eigenvalue weighted by Gasteiger charge is 2.24. The number of benzene rings is 2. The molecule has 0 atom stereocenters. The maximum absolute atomic E-state index is 12.8. The molecule has 0 unspecified atom stereocenters. The molecule has 0 aromatic heterocycles. The third-order valence-electron chi connectivity index (χ3n) is 4.89. The number of carbonyl (C=O) groups is 1. The molecule has 1 amide bonds. The van der Waals surface area contributed by atoms with E-state index in [0.29, 0.717) is 24.2 Å². The molecule has 0 aliphatic carbocycles. The second-order valence-corrected chi connectivity index (χ2v) is 8.47. The molecule has 1 aliphatic heterocycles. The standard InChI is InChI=1S/C19H21N3O5S/c1-13-8-9-15(12-16(13)19(23)21-10-3-4-11-21)28(26,27)20-17-6-5-7-18(14(17)2)22(24)25/h5-9,12,20H,3-4,10-11H2,1-2H3. The number of likely N-dealkylation sites (tertiary alicyclic amines) is 1. The summed E-state index contributed by atoms with van der Waals surface area (Å²) in [6.45, 7) is 4.58. The second-order valence-electron chi connectivity index (χ2n) is 6.79. The first-order valence-electron chi connectivity index (χ1n) is 8.87. The van der Waals surface area contributed by atoms with E-state index in [0.717, 1.165) is 12.8 Å². The third-order valence-corrected chi connectivity index (χ3v) is 6.25. The van der Waals surface area contributed by atoms with Gasteiger partial charge in [-0.1, -0.05) is 12.1 Å². The van der Waals surface area contributed by atoms with Crippen molar-refractivity contribution in [3.05, 3.63) is 63.2 Å². The number of carbonyl (C=O) groups excluding carboxylic acids is 1. The van der Waals surface area contributed by atoms with Gasteiger partial charge in [-0.05, 0) is 50.5 Å². The summed E-state index contributed by atoms with van der Waals surface area (Å²) in [5.41, 5.74) is 1.22. The Morgan fingerprint density at radius 3 is 2.46 bits per heavy atom. The summed E-state index contributed by atoms with van der Waals surface area (Å²) in [7, 11) is -4.02. The van der Waals surface area contributed by atoms with Gasteiger partial charge >= 0.3 is 0 Å². The van der Waals surface area contributed by atoms with E-state index in [1.54, 1.807) is 17.9 Å². The van der Waals surface area contributed by atoms with Crippen LogP contribution >= 0.6 is 0 Å². The Labute approximate surface area is 163 Å². The van der Waals surface area contributed by atoms with Crippen molar-refractivity contribution < 1.29 is 18.1 Å². The summed E-state index contributed by atoms with van der Waals surface area (Å²) in [6.07, 6.45) is 1.88. The molecule has 148 valence electrons. The van der Waals surface area contributed by atoms with Crippen LogP contribution in [0.1, 0.15) is 34.3 Å². The average molecular weight is 403 g/mol. The van der Waals surface area contributed by atoms with Gasteiger partial charge in [-0.15, -0.1) is 0 Å². The van der Waals surface area contributed by atoms with Crippen molar-refractivity contribution in [2.45, 2.75) is 31.6 Å². The maximum atomic E-state index is 12.8. The van der Waals surface area contributed by atoms with Crippen LogP contribution in [-0.2, 0) is 10.0 Å². The van der Waals surface area contributed by atoms with Gasteiger partial charge in [0.05, 0.1) is 21.1 Å². The molecular formula is C19H21N3O5S. The third kappa shape index (κ3) is 3.84. The van der Waals surface area contributed by atoms with Crippen LogP contribution in [-0.4, -0.2) is 37.2 Å². The molecule has 1 aliphatic rings. The van der Waals surface area contributed by atoms with Crippen LogP contribution in [0.15, 0.2) is 41.3 Å². The Balaban J connectivity index is 1.94. The lowest BCUT2D eigenvalue weighted by atomic mass is 10.1. The van der Waals surface area contributed by atoms with E-state index in [9.17, 15) is 23.3 Å². The molecule has 28 heavy (non-hydrogen) atoms. The van der Waals surface area contributed by atoms with Crippen LogP contribution in [0, 0.1) is 24.0 Å². The van der Waals surface area contributed by atoms with Crippen molar-refractivity contribution in [1.29, 1.82) is 0 Å². The number of rotatable bonds is 5. The fraction of sp³-hybridized carbons (Fsp3) is 0.316. The lowest BCUT2D eigenvalue weighted by Crippen LogP contribution is -2.28. The molecular weight excluding hydrogens is 382 g/mol. The SMILES string of the molecule is Cc1ccc(S(=O)(=O)Nc2cccc([N+](=O)[O-])c2C)cc1C(=O)N1CCCC1. The normalized spacial score (nSPS) is 14.1. The van der Waals surface area contributed by atoms with Crippen LogP contribution in [0.5, 0.6) is 0 Å². The van der Waals surface area contributed by atoms with Crippen molar-refractivity contribution in [2.75, 3.05) is 17.8 Å². The molecule has 1 fully saturated rings. The molecule has 1 heterocycles. The number of hydrogen-bond donors (Lipinski definition) is 1. The summed E-state index contributed by atoms with van der Waals surface area (Å²) in [4.78, 5) is 24.9. The quantitative estimate of drug-likeness (QED) is 0.609. The molecule has 0 radical (unpaired) electrons. The van der Waals surface area contributed by atoms with Gasteiger partial charge in [0.25, 0.3) is 21.6 Å². The van der Waals surface area contributed by atoms with E-state index in [-0.39, 0.29) is 27.7 Å². The monoisotopic (exact) mass is 403 g/mol. The van der Waals surface area contributed by atoms with E-state index in [4.69, 9.17) is 0 Å². The van der Waals surface area contributed by atoms with Crippen LogP contribution < -0.4 is 4.72 Å². The van der Waals surface area contributed by atoms with Crippen LogP contribution in [0.25, 0.3) is 0 Å². The largest absolute Gasteiger partial charge is 0.339 e. The zero-order chi connectivity index (χ0) is 20.5. The van der Waals surface area contributed by atoms with Gasteiger partial charge in [-0.3, -0.25) is 19.6 Å².